The molecule has 1 aliphatic rings. The van der Waals surface area contributed by atoms with Crippen LogP contribution in [-0.4, -0.2) is 19.9 Å². The van der Waals surface area contributed by atoms with Crippen LogP contribution in [0.2, 0.25) is 0 Å². The summed E-state index contributed by atoms with van der Waals surface area (Å²) in [4.78, 5) is 15.7. The maximum Gasteiger partial charge on any atom is 0.182 e. The van der Waals surface area contributed by atoms with Gasteiger partial charge in [0.05, 0.1) is 12.4 Å². The molecule has 94 valence electrons. The zero-order valence-corrected chi connectivity index (χ0v) is 10.3. The Balaban J connectivity index is 1.71. The van der Waals surface area contributed by atoms with Gasteiger partial charge in [-0.1, -0.05) is 24.3 Å². The van der Waals surface area contributed by atoms with Crippen molar-refractivity contribution in [2.45, 2.75) is 18.9 Å². The van der Waals surface area contributed by atoms with Crippen LogP contribution in [0, 0.1) is 0 Å². The molecule has 1 atom stereocenters. The predicted octanol–water partition coefficient (Wildman–Crippen LogP) is 2.45. The van der Waals surface area contributed by atoms with E-state index in [1.54, 1.807) is 12.7 Å². The molecule has 1 aliphatic carbocycles. The zero-order valence-electron chi connectivity index (χ0n) is 10.3. The molecule has 0 spiro atoms. The highest BCUT2D eigenvalue weighted by atomic mass is 15.1. The second kappa shape index (κ2) is 4.05. The van der Waals surface area contributed by atoms with Gasteiger partial charge in [0.1, 0.15) is 11.8 Å². The van der Waals surface area contributed by atoms with Crippen molar-refractivity contribution in [1.29, 1.82) is 0 Å². The SMILES string of the molecule is c1ccc2c(c1)CC[C@@H]2Nc1ncnc2nc[nH]c12. The molecule has 0 saturated heterocycles. The molecule has 1 aromatic carbocycles. The molecule has 0 saturated carbocycles. The number of imidazole rings is 1. The zero-order chi connectivity index (χ0) is 12.7. The molecule has 0 aliphatic heterocycles. The largest absolute Gasteiger partial charge is 0.361 e. The van der Waals surface area contributed by atoms with Crippen LogP contribution >= 0.6 is 0 Å². The normalized spacial score (nSPS) is 17.6. The lowest BCUT2D eigenvalue weighted by Gasteiger charge is -2.14. The van der Waals surface area contributed by atoms with E-state index in [0.29, 0.717) is 11.7 Å². The highest BCUT2D eigenvalue weighted by Crippen LogP contribution is 2.33. The number of nitrogens with one attached hydrogen (secondary N) is 2. The number of hydrogen-bond acceptors (Lipinski definition) is 4. The summed E-state index contributed by atoms with van der Waals surface area (Å²) in [7, 11) is 0. The van der Waals surface area contributed by atoms with Crippen molar-refractivity contribution in [3.63, 3.8) is 0 Å². The fourth-order valence-electron chi connectivity index (χ4n) is 2.75. The van der Waals surface area contributed by atoms with Gasteiger partial charge in [-0.25, -0.2) is 15.0 Å². The molecule has 0 bridgehead atoms. The number of anilines is 1. The molecule has 0 fully saturated rings. The number of H-pyrrole nitrogens is 1. The number of hydrogen-bond donors (Lipinski definition) is 2. The van der Waals surface area contributed by atoms with E-state index in [9.17, 15) is 0 Å². The number of rotatable bonds is 2. The van der Waals surface area contributed by atoms with Crippen LogP contribution in [0.3, 0.4) is 0 Å². The topological polar surface area (TPSA) is 66.5 Å². The molecule has 2 N–H and O–H groups in total. The van der Waals surface area contributed by atoms with E-state index >= 15 is 0 Å². The Labute approximate surface area is 110 Å². The second-order valence-electron chi connectivity index (χ2n) is 4.76. The van der Waals surface area contributed by atoms with Crippen molar-refractivity contribution < 1.29 is 0 Å². The van der Waals surface area contributed by atoms with Gasteiger partial charge in [-0.3, -0.25) is 0 Å². The Bertz CT molecular complexity index is 733. The number of aryl methyl sites for hydroxylation is 1. The minimum absolute atomic E-state index is 0.317. The third-order valence-corrected chi connectivity index (χ3v) is 3.67. The summed E-state index contributed by atoms with van der Waals surface area (Å²) in [5.74, 6) is 0.823. The van der Waals surface area contributed by atoms with E-state index < -0.39 is 0 Å². The van der Waals surface area contributed by atoms with Gasteiger partial charge in [-0.15, -0.1) is 0 Å². The summed E-state index contributed by atoms with van der Waals surface area (Å²) in [6, 6.07) is 8.88. The quantitative estimate of drug-likeness (QED) is 0.734. The molecule has 0 amide bonds. The maximum absolute atomic E-state index is 4.32. The molecule has 0 unspecified atom stereocenters. The number of aromatic amines is 1. The van der Waals surface area contributed by atoms with Gasteiger partial charge < -0.3 is 10.3 Å². The van der Waals surface area contributed by atoms with E-state index in [0.717, 1.165) is 24.2 Å². The Morgan fingerprint density at radius 3 is 3.11 bits per heavy atom. The molecular formula is C14H13N5. The van der Waals surface area contributed by atoms with Crippen molar-refractivity contribution in [3.05, 3.63) is 48.0 Å². The summed E-state index contributed by atoms with van der Waals surface area (Å²) in [6.07, 6.45) is 5.41. The fraction of sp³-hybridized carbons (Fsp3) is 0.214. The average Bonchev–Trinajstić information content (AvgIpc) is 3.06. The standard InChI is InChI=1S/C14H13N5/c1-2-4-10-9(3-1)5-6-11(10)19-14-12-13(16-7-15-12)17-8-18-14/h1-4,7-8,11H,5-6H2,(H2,15,16,17,18,19)/t11-/m0/s1. The Kier molecular flexibility index (Phi) is 2.24. The lowest BCUT2D eigenvalue weighted by molar-refractivity contribution is 0.758. The first-order valence-electron chi connectivity index (χ1n) is 6.40. The average molecular weight is 251 g/mol. The van der Waals surface area contributed by atoms with Crippen LogP contribution < -0.4 is 5.32 Å². The van der Waals surface area contributed by atoms with E-state index in [1.807, 2.05) is 0 Å². The third-order valence-electron chi connectivity index (χ3n) is 3.67. The van der Waals surface area contributed by atoms with Crippen molar-refractivity contribution in [1.82, 2.24) is 19.9 Å². The predicted molar refractivity (Wildman–Crippen MR) is 72.8 cm³/mol. The number of nitrogens with zero attached hydrogens (tertiary/aromatic N) is 3. The minimum Gasteiger partial charge on any atom is -0.361 e. The number of benzene rings is 1. The van der Waals surface area contributed by atoms with Gasteiger partial charge in [0.15, 0.2) is 11.5 Å². The van der Waals surface area contributed by atoms with E-state index in [2.05, 4.69) is 49.5 Å². The maximum atomic E-state index is 4.32. The first kappa shape index (κ1) is 10.5. The van der Waals surface area contributed by atoms with E-state index in [1.165, 1.54) is 11.1 Å². The Morgan fingerprint density at radius 2 is 2.11 bits per heavy atom. The summed E-state index contributed by atoms with van der Waals surface area (Å²) < 4.78 is 0. The molecule has 5 nitrogen and oxygen atoms in total. The van der Waals surface area contributed by atoms with Crippen LogP contribution in [0.5, 0.6) is 0 Å². The molecule has 19 heavy (non-hydrogen) atoms. The van der Waals surface area contributed by atoms with Crippen molar-refractivity contribution in [2.75, 3.05) is 5.32 Å². The van der Waals surface area contributed by atoms with E-state index in [-0.39, 0.29) is 0 Å². The van der Waals surface area contributed by atoms with Gasteiger partial charge in [-0.2, -0.15) is 0 Å². The molecule has 3 aromatic rings. The highest BCUT2D eigenvalue weighted by molar-refractivity contribution is 5.82. The summed E-state index contributed by atoms with van der Waals surface area (Å²) in [6.45, 7) is 0. The molecule has 2 aromatic heterocycles. The lowest BCUT2D eigenvalue weighted by Crippen LogP contribution is -2.09. The van der Waals surface area contributed by atoms with Crippen LogP contribution in [0.4, 0.5) is 5.82 Å². The molecule has 0 radical (unpaired) electrons. The van der Waals surface area contributed by atoms with Crippen molar-refractivity contribution in [3.8, 4) is 0 Å². The van der Waals surface area contributed by atoms with Crippen molar-refractivity contribution >= 4 is 17.0 Å². The van der Waals surface area contributed by atoms with E-state index in [4.69, 9.17) is 0 Å². The van der Waals surface area contributed by atoms with Crippen LogP contribution in [-0.2, 0) is 6.42 Å². The number of aromatic nitrogens is 4. The minimum atomic E-state index is 0.317. The van der Waals surface area contributed by atoms with Gasteiger partial charge in [0.2, 0.25) is 0 Å². The third kappa shape index (κ3) is 1.66. The Hall–Kier alpha value is -2.43. The highest BCUT2D eigenvalue weighted by Gasteiger charge is 2.22. The summed E-state index contributed by atoms with van der Waals surface area (Å²) >= 11 is 0. The first-order valence-corrected chi connectivity index (χ1v) is 6.40. The Morgan fingerprint density at radius 1 is 1.16 bits per heavy atom. The first-order chi connectivity index (χ1) is 9.42. The summed E-state index contributed by atoms with van der Waals surface area (Å²) in [5, 5.41) is 3.50. The van der Waals surface area contributed by atoms with Gasteiger partial charge in [0.25, 0.3) is 0 Å². The van der Waals surface area contributed by atoms with Gasteiger partial charge in [-0.05, 0) is 24.0 Å². The second-order valence-corrected chi connectivity index (χ2v) is 4.76. The van der Waals surface area contributed by atoms with Crippen molar-refractivity contribution in [2.24, 2.45) is 0 Å². The number of fused-ring (bicyclic) bond motifs is 2. The van der Waals surface area contributed by atoms with Gasteiger partial charge in [0, 0.05) is 0 Å². The van der Waals surface area contributed by atoms with Crippen LogP contribution in [0.15, 0.2) is 36.9 Å². The lowest BCUT2D eigenvalue weighted by atomic mass is 10.1. The fourth-order valence-corrected chi connectivity index (χ4v) is 2.75. The molecule has 2 heterocycles. The van der Waals surface area contributed by atoms with Crippen LogP contribution in [0.25, 0.3) is 11.2 Å². The smallest absolute Gasteiger partial charge is 0.182 e. The monoisotopic (exact) mass is 251 g/mol. The molecular weight excluding hydrogens is 238 g/mol. The summed E-state index contributed by atoms with van der Waals surface area (Å²) in [5.41, 5.74) is 4.36. The molecule has 4 rings (SSSR count). The van der Waals surface area contributed by atoms with Crippen LogP contribution in [0.1, 0.15) is 23.6 Å². The van der Waals surface area contributed by atoms with Gasteiger partial charge >= 0.3 is 0 Å². The molecule has 5 heteroatoms.